The summed E-state index contributed by atoms with van der Waals surface area (Å²) in [6.07, 6.45) is 2.26. The van der Waals surface area contributed by atoms with Gasteiger partial charge in [0.1, 0.15) is 6.33 Å². The van der Waals surface area contributed by atoms with Crippen LogP contribution in [0.2, 0.25) is 5.02 Å². The molecular weight excluding hydrogens is 442 g/mol. The summed E-state index contributed by atoms with van der Waals surface area (Å²) in [6.45, 7) is 0. The Bertz CT molecular complexity index is 582. The van der Waals surface area contributed by atoms with Gasteiger partial charge in [-0.3, -0.25) is 0 Å². The number of methoxy groups -OCH3 is 1. The van der Waals surface area contributed by atoms with Gasteiger partial charge in [-0.1, -0.05) is 27.5 Å². The van der Waals surface area contributed by atoms with E-state index in [4.69, 9.17) is 16.3 Å². The topological polar surface area (TPSA) is 35.0 Å². The van der Waals surface area contributed by atoms with Gasteiger partial charge < -0.3 is 4.74 Å². The highest BCUT2D eigenvalue weighted by molar-refractivity contribution is 14.1. The fourth-order valence-electron chi connectivity index (χ4n) is 1.65. The van der Waals surface area contributed by atoms with E-state index >= 15 is 0 Å². The van der Waals surface area contributed by atoms with E-state index in [0.717, 1.165) is 22.7 Å². The lowest BCUT2D eigenvalue weighted by Crippen LogP contribution is -2.01. The van der Waals surface area contributed by atoms with Gasteiger partial charge in [0.15, 0.2) is 0 Å². The summed E-state index contributed by atoms with van der Waals surface area (Å²) >= 11 is 12.0. The minimum Gasteiger partial charge on any atom is -0.481 e. The van der Waals surface area contributed by atoms with Crippen molar-refractivity contribution in [2.45, 2.75) is 11.2 Å². The Morgan fingerprint density at radius 1 is 1.37 bits per heavy atom. The molecule has 0 fully saturated rings. The number of halogens is 3. The number of nitrogens with zero attached hydrogens (tertiary/aromatic N) is 2. The predicted molar refractivity (Wildman–Crippen MR) is 88.1 cm³/mol. The lowest BCUT2D eigenvalue weighted by atomic mass is 10.1. The van der Waals surface area contributed by atoms with Crippen molar-refractivity contribution in [3.05, 3.63) is 50.4 Å². The molecule has 0 bridgehead atoms. The van der Waals surface area contributed by atoms with E-state index in [-0.39, 0.29) is 4.83 Å². The summed E-state index contributed by atoms with van der Waals surface area (Å²) in [5.74, 6) is 0.575. The van der Waals surface area contributed by atoms with Crippen LogP contribution in [0, 0.1) is 3.57 Å². The molecule has 0 aliphatic carbocycles. The summed E-state index contributed by atoms with van der Waals surface area (Å²) in [5.41, 5.74) is 2.08. The Kier molecular flexibility index (Phi) is 5.41. The summed E-state index contributed by atoms with van der Waals surface area (Å²) in [5, 5.41) is 0.736. The molecule has 0 aliphatic rings. The lowest BCUT2D eigenvalue weighted by molar-refractivity contribution is 0.396. The zero-order chi connectivity index (χ0) is 13.8. The van der Waals surface area contributed by atoms with E-state index in [1.165, 1.54) is 9.90 Å². The van der Waals surface area contributed by atoms with Crippen molar-refractivity contribution in [1.29, 1.82) is 0 Å². The van der Waals surface area contributed by atoms with Crippen LogP contribution < -0.4 is 4.74 Å². The third-order valence-electron chi connectivity index (χ3n) is 2.59. The van der Waals surface area contributed by atoms with Crippen LogP contribution in [0.25, 0.3) is 0 Å². The molecule has 3 nitrogen and oxygen atoms in total. The van der Waals surface area contributed by atoms with Crippen molar-refractivity contribution in [2.75, 3.05) is 7.11 Å². The van der Waals surface area contributed by atoms with Crippen LogP contribution in [0.5, 0.6) is 5.88 Å². The highest BCUT2D eigenvalue weighted by Crippen LogP contribution is 2.32. The zero-order valence-corrected chi connectivity index (χ0v) is 14.6. The Labute approximate surface area is 139 Å². The average molecular weight is 454 g/mol. The van der Waals surface area contributed by atoms with Gasteiger partial charge in [-0.2, -0.15) is 0 Å². The Morgan fingerprint density at radius 3 is 2.89 bits per heavy atom. The second kappa shape index (κ2) is 6.85. The number of rotatable bonds is 4. The van der Waals surface area contributed by atoms with E-state index in [0.29, 0.717) is 5.88 Å². The van der Waals surface area contributed by atoms with Crippen LogP contribution >= 0.6 is 50.1 Å². The zero-order valence-electron chi connectivity index (χ0n) is 10.1. The quantitative estimate of drug-likeness (QED) is 0.508. The molecule has 1 heterocycles. The summed E-state index contributed by atoms with van der Waals surface area (Å²) in [6, 6.07) is 7.71. The third-order valence-corrected chi connectivity index (χ3v) is 4.63. The molecule has 1 aromatic carbocycles. The molecule has 0 saturated heterocycles. The van der Waals surface area contributed by atoms with Crippen molar-refractivity contribution < 1.29 is 4.74 Å². The molecule has 0 spiro atoms. The van der Waals surface area contributed by atoms with Crippen molar-refractivity contribution in [3.8, 4) is 5.88 Å². The van der Waals surface area contributed by atoms with Crippen LogP contribution in [-0.4, -0.2) is 17.1 Å². The van der Waals surface area contributed by atoms with Gasteiger partial charge in [0.05, 0.1) is 7.11 Å². The fourth-order valence-corrected chi connectivity index (χ4v) is 3.68. The number of aromatic nitrogens is 2. The second-order valence-electron chi connectivity index (χ2n) is 3.89. The number of benzene rings is 1. The molecule has 0 amide bonds. The van der Waals surface area contributed by atoms with Crippen LogP contribution in [0.3, 0.4) is 0 Å². The highest BCUT2D eigenvalue weighted by atomic mass is 127. The first-order valence-corrected chi connectivity index (χ1v) is 7.91. The maximum atomic E-state index is 6.04. The number of ether oxygens (including phenoxy) is 1. The fraction of sp³-hybridized carbons (Fsp3) is 0.231. The molecule has 0 N–H and O–H groups in total. The first-order valence-electron chi connectivity index (χ1n) is 5.54. The summed E-state index contributed by atoms with van der Waals surface area (Å²) < 4.78 is 6.27. The van der Waals surface area contributed by atoms with Gasteiger partial charge in [0.2, 0.25) is 5.88 Å². The van der Waals surface area contributed by atoms with Gasteiger partial charge in [0.25, 0.3) is 0 Å². The lowest BCUT2D eigenvalue weighted by Gasteiger charge is -2.12. The molecule has 0 radical (unpaired) electrons. The van der Waals surface area contributed by atoms with Gasteiger partial charge in [-0.15, -0.1) is 0 Å². The molecule has 0 aliphatic heterocycles. The normalized spacial score (nSPS) is 12.2. The molecule has 1 unspecified atom stereocenters. The van der Waals surface area contributed by atoms with Crippen LogP contribution in [0.1, 0.15) is 16.1 Å². The van der Waals surface area contributed by atoms with E-state index in [2.05, 4.69) is 48.5 Å². The molecular formula is C13H11BrClIN2O. The minimum atomic E-state index is 0.151. The number of hydrogen-bond acceptors (Lipinski definition) is 3. The highest BCUT2D eigenvalue weighted by Gasteiger charge is 2.14. The van der Waals surface area contributed by atoms with Gasteiger partial charge in [-0.25, -0.2) is 9.97 Å². The van der Waals surface area contributed by atoms with Crippen molar-refractivity contribution in [3.63, 3.8) is 0 Å². The SMILES string of the molecule is COc1cc(CC(Br)c2cc(Cl)ccc2I)ncn1. The predicted octanol–water partition coefficient (Wildman–Crippen LogP) is 4.42. The first kappa shape index (κ1) is 15.0. The smallest absolute Gasteiger partial charge is 0.216 e. The second-order valence-corrected chi connectivity index (χ2v) is 6.59. The molecule has 6 heteroatoms. The number of alkyl halides is 1. The average Bonchev–Trinajstić information content (AvgIpc) is 2.41. The first-order chi connectivity index (χ1) is 9.10. The van der Waals surface area contributed by atoms with Crippen molar-refractivity contribution >= 4 is 50.1 Å². The summed E-state index contributed by atoms with van der Waals surface area (Å²) in [4.78, 5) is 8.40. The Morgan fingerprint density at radius 2 is 2.16 bits per heavy atom. The van der Waals surface area contributed by atoms with Gasteiger partial charge in [-0.05, 0) is 46.4 Å². The van der Waals surface area contributed by atoms with Crippen LogP contribution in [0.15, 0.2) is 30.6 Å². The molecule has 0 saturated carbocycles. The largest absolute Gasteiger partial charge is 0.481 e. The molecule has 100 valence electrons. The van der Waals surface area contributed by atoms with Gasteiger partial charge in [0, 0.05) is 31.6 Å². The molecule has 2 aromatic rings. The van der Waals surface area contributed by atoms with E-state index in [1.807, 2.05) is 24.3 Å². The standard InChI is InChI=1S/C13H11BrClIN2O/c1-19-13-6-9(17-7-18-13)5-11(14)10-4-8(15)2-3-12(10)16/h2-4,6-7,11H,5H2,1H3. The van der Waals surface area contributed by atoms with E-state index in [9.17, 15) is 0 Å². The Hall–Kier alpha value is -0.400. The van der Waals surface area contributed by atoms with Crippen LogP contribution in [-0.2, 0) is 6.42 Å². The maximum Gasteiger partial charge on any atom is 0.216 e. The molecule has 1 aromatic heterocycles. The minimum absolute atomic E-state index is 0.151. The Balaban J connectivity index is 2.20. The molecule has 19 heavy (non-hydrogen) atoms. The van der Waals surface area contributed by atoms with E-state index < -0.39 is 0 Å². The van der Waals surface area contributed by atoms with Gasteiger partial charge >= 0.3 is 0 Å². The third kappa shape index (κ3) is 4.03. The maximum absolute atomic E-state index is 6.04. The monoisotopic (exact) mass is 452 g/mol. The van der Waals surface area contributed by atoms with Crippen molar-refractivity contribution in [1.82, 2.24) is 9.97 Å². The van der Waals surface area contributed by atoms with E-state index in [1.54, 1.807) is 7.11 Å². The summed E-state index contributed by atoms with van der Waals surface area (Å²) in [7, 11) is 1.59. The molecule has 1 atom stereocenters. The molecule has 2 rings (SSSR count). The van der Waals surface area contributed by atoms with Crippen LogP contribution in [0.4, 0.5) is 0 Å². The van der Waals surface area contributed by atoms with Crippen molar-refractivity contribution in [2.24, 2.45) is 0 Å². The number of hydrogen-bond donors (Lipinski definition) is 0.